The molecule has 0 aliphatic carbocycles. The molecule has 1 amide bonds. The Morgan fingerprint density at radius 3 is 2.09 bits per heavy atom. The molecule has 166 valence electrons. The highest BCUT2D eigenvalue weighted by Gasteiger charge is 2.25. The highest BCUT2D eigenvalue weighted by Crippen LogP contribution is 2.25. The number of carbonyl (C=O) groups excluding carboxylic acids is 2. The quantitative estimate of drug-likeness (QED) is 0.505. The zero-order valence-corrected chi connectivity index (χ0v) is 17.9. The number of nitrogens with two attached hydrogens (primary N) is 1. The number of ether oxygens (including phenoxy) is 1. The molecule has 0 aliphatic heterocycles. The predicted molar refractivity (Wildman–Crippen MR) is 122 cm³/mol. The SMILES string of the molecule is COC(=O)[C@H](CCCN)NC(=O)c1cccn(C(c2ccccc2)c2ccccc2)c1=O. The van der Waals surface area contributed by atoms with E-state index in [-0.39, 0.29) is 5.56 Å². The second kappa shape index (κ2) is 11.1. The number of nitrogens with one attached hydrogen (secondary N) is 1. The zero-order chi connectivity index (χ0) is 22.9. The molecule has 3 aromatic rings. The molecule has 32 heavy (non-hydrogen) atoms. The molecule has 0 saturated heterocycles. The first-order valence-corrected chi connectivity index (χ1v) is 10.5. The van der Waals surface area contributed by atoms with Gasteiger partial charge in [0.15, 0.2) is 0 Å². The van der Waals surface area contributed by atoms with Crippen molar-refractivity contribution in [1.29, 1.82) is 0 Å². The fourth-order valence-corrected chi connectivity index (χ4v) is 3.62. The van der Waals surface area contributed by atoms with Crippen molar-refractivity contribution in [3.05, 3.63) is 106 Å². The van der Waals surface area contributed by atoms with E-state index in [0.717, 1.165) is 11.1 Å². The number of hydrogen-bond acceptors (Lipinski definition) is 5. The number of pyridine rings is 1. The van der Waals surface area contributed by atoms with Crippen LogP contribution in [0.4, 0.5) is 0 Å². The van der Waals surface area contributed by atoms with Crippen LogP contribution in [-0.2, 0) is 9.53 Å². The molecule has 0 spiro atoms. The second-order valence-corrected chi connectivity index (χ2v) is 7.34. The van der Waals surface area contributed by atoms with E-state index in [1.807, 2.05) is 60.7 Å². The molecule has 7 nitrogen and oxygen atoms in total. The van der Waals surface area contributed by atoms with Crippen LogP contribution in [0, 0.1) is 0 Å². The van der Waals surface area contributed by atoms with Gasteiger partial charge in [-0.25, -0.2) is 4.79 Å². The topological polar surface area (TPSA) is 103 Å². The Balaban J connectivity index is 2.00. The Hall–Kier alpha value is -3.71. The Morgan fingerprint density at radius 1 is 0.969 bits per heavy atom. The first-order valence-electron chi connectivity index (χ1n) is 10.5. The Kier molecular flexibility index (Phi) is 7.94. The number of rotatable bonds is 9. The molecule has 1 atom stereocenters. The van der Waals surface area contributed by atoms with Crippen LogP contribution in [-0.4, -0.2) is 36.1 Å². The summed E-state index contributed by atoms with van der Waals surface area (Å²) in [6.07, 6.45) is 2.52. The molecule has 2 aromatic carbocycles. The number of carbonyl (C=O) groups is 2. The van der Waals surface area contributed by atoms with E-state index < -0.39 is 29.5 Å². The molecule has 0 saturated carbocycles. The van der Waals surface area contributed by atoms with E-state index in [1.54, 1.807) is 12.3 Å². The minimum atomic E-state index is -0.872. The fraction of sp³-hybridized carbons (Fsp3) is 0.240. The van der Waals surface area contributed by atoms with Crippen molar-refractivity contribution in [3.8, 4) is 0 Å². The predicted octanol–water partition coefficient (Wildman–Crippen LogP) is 2.50. The zero-order valence-electron chi connectivity index (χ0n) is 17.9. The lowest BCUT2D eigenvalue weighted by molar-refractivity contribution is -0.143. The fourth-order valence-electron chi connectivity index (χ4n) is 3.62. The van der Waals surface area contributed by atoms with Crippen molar-refractivity contribution in [2.75, 3.05) is 13.7 Å². The molecular formula is C25H27N3O4. The van der Waals surface area contributed by atoms with Crippen molar-refractivity contribution in [3.63, 3.8) is 0 Å². The van der Waals surface area contributed by atoms with Gasteiger partial charge in [-0.05, 0) is 42.6 Å². The number of benzene rings is 2. The number of methoxy groups -OCH3 is 1. The number of aromatic nitrogens is 1. The molecule has 3 N–H and O–H groups in total. The minimum absolute atomic E-state index is 0.0500. The van der Waals surface area contributed by atoms with Crippen LogP contribution < -0.4 is 16.6 Å². The highest BCUT2D eigenvalue weighted by atomic mass is 16.5. The lowest BCUT2D eigenvalue weighted by Gasteiger charge is -2.22. The van der Waals surface area contributed by atoms with Crippen molar-refractivity contribution in [2.45, 2.75) is 24.9 Å². The normalized spacial score (nSPS) is 11.7. The van der Waals surface area contributed by atoms with E-state index in [2.05, 4.69) is 5.32 Å². The summed E-state index contributed by atoms with van der Waals surface area (Å²) in [5.74, 6) is -1.20. The summed E-state index contributed by atoms with van der Waals surface area (Å²) in [6, 6.07) is 21.0. The Bertz CT molecular complexity index is 1060. The van der Waals surface area contributed by atoms with E-state index >= 15 is 0 Å². The van der Waals surface area contributed by atoms with Gasteiger partial charge in [0.2, 0.25) is 0 Å². The summed E-state index contributed by atoms with van der Waals surface area (Å²) >= 11 is 0. The van der Waals surface area contributed by atoms with Gasteiger partial charge < -0.3 is 20.4 Å². The third kappa shape index (κ3) is 5.31. The lowest BCUT2D eigenvalue weighted by atomic mass is 9.98. The molecule has 0 unspecified atom stereocenters. The highest BCUT2D eigenvalue weighted by molar-refractivity contribution is 5.96. The summed E-state index contributed by atoms with van der Waals surface area (Å²) in [6.45, 7) is 0.372. The molecule has 7 heteroatoms. The first-order chi connectivity index (χ1) is 15.6. The third-order valence-corrected chi connectivity index (χ3v) is 5.22. The smallest absolute Gasteiger partial charge is 0.328 e. The van der Waals surface area contributed by atoms with Gasteiger partial charge in [-0.1, -0.05) is 60.7 Å². The van der Waals surface area contributed by atoms with E-state index in [0.29, 0.717) is 19.4 Å². The van der Waals surface area contributed by atoms with E-state index in [4.69, 9.17) is 10.5 Å². The van der Waals surface area contributed by atoms with Crippen LogP contribution in [0.3, 0.4) is 0 Å². The van der Waals surface area contributed by atoms with Crippen LogP contribution in [0.25, 0.3) is 0 Å². The number of esters is 1. The number of amides is 1. The average molecular weight is 434 g/mol. The van der Waals surface area contributed by atoms with Gasteiger partial charge in [0.25, 0.3) is 11.5 Å². The summed E-state index contributed by atoms with van der Waals surface area (Å²) in [5.41, 5.74) is 6.85. The van der Waals surface area contributed by atoms with Gasteiger partial charge in [-0.2, -0.15) is 0 Å². The maximum absolute atomic E-state index is 13.4. The minimum Gasteiger partial charge on any atom is -0.467 e. The van der Waals surface area contributed by atoms with Gasteiger partial charge in [0.1, 0.15) is 11.6 Å². The first kappa shape index (κ1) is 23.0. The number of hydrogen-bond donors (Lipinski definition) is 2. The van der Waals surface area contributed by atoms with E-state index in [9.17, 15) is 14.4 Å². The average Bonchev–Trinajstić information content (AvgIpc) is 2.83. The summed E-state index contributed by atoms with van der Waals surface area (Å²) in [5, 5.41) is 2.62. The van der Waals surface area contributed by atoms with Crippen LogP contribution in [0.5, 0.6) is 0 Å². The van der Waals surface area contributed by atoms with E-state index in [1.165, 1.54) is 17.7 Å². The van der Waals surface area contributed by atoms with Crippen molar-refractivity contribution < 1.29 is 14.3 Å². The maximum Gasteiger partial charge on any atom is 0.328 e. The summed E-state index contributed by atoms with van der Waals surface area (Å²) in [4.78, 5) is 38.4. The monoisotopic (exact) mass is 433 g/mol. The van der Waals surface area contributed by atoms with Crippen LogP contribution in [0.1, 0.15) is 40.4 Å². The summed E-state index contributed by atoms with van der Waals surface area (Å²) in [7, 11) is 1.25. The standard InChI is InChI=1S/C25H27N3O4/c1-32-25(31)21(15-8-16-26)27-23(29)20-14-9-17-28(24(20)30)22(18-10-4-2-5-11-18)19-12-6-3-7-13-19/h2-7,9-14,17,21-22H,8,15-16,26H2,1H3,(H,27,29)/t21-/m0/s1. The second-order valence-electron chi connectivity index (χ2n) is 7.34. The molecule has 0 fully saturated rings. The van der Waals surface area contributed by atoms with Gasteiger partial charge in [-0.15, -0.1) is 0 Å². The maximum atomic E-state index is 13.4. The molecule has 1 aromatic heterocycles. The molecule has 0 aliphatic rings. The Labute approximate surface area is 186 Å². The summed E-state index contributed by atoms with van der Waals surface area (Å²) < 4.78 is 6.31. The van der Waals surface area contributed by atoms with Gasteiger partial charge in [0.05, 0.1) is 13.2 Å². The molecule has 0 bridgehead atoms. The van der Waals surface area contributed by atoms with Gasteiger partial charge in [-0.3, -0.25) is 9.59 Å². The third-order valence-electron chi connectivity index (χ3n) is 5.22. The molecule has 0 radical (unpaired) electrons. The Morgan fingerprint density at radius 2 is 1.56 bits per heavy atom. The van der Waals surface area contributed by atoms with Gasteiger partial charge in [0, 0.05) is 6.20 Å². The molecule has 1 heterocycles. The molecule has 3 rings (SSSR count). The van der Waals surface area contributed by atoms with Crippen molar-refractivity contribution in [1.82, 2.24) is 9.88 Å². The van der Waals surface area contributed by atoms with Crippen molar-refractivity contribution >= 4 is 11.9 Å². The molecular weight excluding hydrogens is 406 g/mol. The van der Waals surface area contributed by atoms with Crippen LogP contribution in [0.2, 0.25) is 0 Å². The van der Waals surface area contributed by atoms with Crippen LogP contribution in [0.15, 0.2) is 83.8 Å². The lowest BCUT2D eigenvalue weighted by Crippen LogP contribution is -2.44. The number of nitrogens with zero attached hydrogens (tertiary/aromatic N) is 1. The van der Waals surface area contributed by atoms with Crippen molar-refractivity contribution in [2.24, 2.45) is 5.73 Å². The van der Waals surface area contributed by atoms with Gasteiger partial charge >= 0.3 is 5.97 Å². The largest absolute Gasteiger partial charge is 0.467 e. The van der Waals surface area contributed by atoms with Crippen LogP contribution >= 0.6 is 0 Å².